The number of aromatic nitrogens is 1. The number of aromatic hydroxyl groups is 1. The molecule has 3 rings (SSSR count). The van der Waals surface area contributed by atoms with Crippen LogP contribution in [-0.4, -0.2) is 71.7 Å². The number of phenolic OH excluding ortho intramolecular Hbond substituents is 1. The largest absolute Gasteiger partial charge is 0.507 e. The number of nitrogens with one attached hydrogen (secondary N) is 1. The molecule has 0 saturated heterocycles. The minimum absolute atomic E-state index is 0.00678. The van der Waals surface area contributed by atoms with Crippen LogP contribution in [0.2, 0.25) is 5.02 Å². The van der Waals surface area contributed by atoms with Gasteiger partial charge >= 0.3 is 0 Å². The molecular formula is C29H35ClFN7O3. The zero-order valence-corrected chi connectivity index (χ0v) is 23.9. The lowest BCUT2D eigenvalue weighted by Crippen LogP contribution is -2.45. The lowest BCUT2D eigenvalue weighted by molar-refractivity contribution is -0.109. The molecule has 4 N–H and O–H groups in total. The van der Waals surface area contributed by atoms with Gasteiger partial charge in [-0.05, 0) is 63.1 Å². The van der Waals surface area contributed by atoms with Gasteiger partial charge in [-0.15, -0.1) is 6.58 Å². The van der Waals surface area contributed by atoms with E-state index in [1.165, 1.54) is 41.4 Å². The fourth-order valence-electron chi connectivity index (χ4n) is 4.43. The Labute approximate surface area is 244 Å². The summed E-state index contributed by atoms with van der Waals surface area (Å²) < 4.78 is 15.0. The number of carbonyl (C=O) groups excluding carboxylic acids is 2. The zero-order chi connectivity index (χ0) is 29.9. The number of halogens is 2. The normalized spacial score (nSPS) is 14.8. The van der Waals surface area contributed by atoms with E-state index in [0.29, 0.717) is 43.7 Å². The lowest BCUT2D eigenvalue weighted by Gasteiger charge is -2.33. The van der Waals surface area contributed by atoms with Gasteiger partial charge in [0.15, 0.2) is 5.82 Å². The smallest absolute Gasteiger partial charge is 0.221 e. The predicted molar refractivity (Wildman–Crippen MR) is 161 cm³/mol. The van der Waals surface area contributed by atoms with E-state index < -0.39 is 5.82 Å². The number of pyridine rings is 1. The van der Waals surface area contributed by atoms with Crippen LogP contribution in [0.5, 0.6) is 5.75 Å². The van der Waals surface area contributed by atoms with Gasteiger partial charge in [0, 0.05) is 26.2 Å². The third kappa shape index (κ3) is 7.29. The van der Waals surface area contributed by atoms with Crippen LogP contribution in [-0.2, 0) is 9.59 Å². The fraction of sp³-hybridized carbons (Fsp3) is 0.345. The van der Waals surface area contributed by atoms with Crippen LogP contribution in [0.15, 0.2) is 59.2 Å². The van der Waals surface area contributed by atoms with E-state index in [2.05, 4.69) is 21.9 Å². The Morgan fingerprint density at radius 1 is 1.39 bits per heavy atom. The molecule has 1 aromatic carbocycles. The number of hydrogen-bond acceptors (Lipinski definition) is 7. The summed E-state index contributed by atoms with van der Waals surface area (Å²) in [5.74, 6) is -0.418. The van der Waals surface area contributed by atoms with Crippen molar-refractivity contribution in [1.82, 2.24) is 15.2 Å². The maximum atomic E-state index is 15.0. The molecule has 10 nitrogen and oxygen atoms in total. The van der Waals surface area contributed by atoms with Crippen molar-refractivity contribution in [3.63, 3.8) is 0 Å². The molecular weight excluding hydrogens is 549 g/mol. The van der Waals surface area contributed by atoms with Gasteiger partial charge in [-0.1, -0.05) is 23.7 Å². The molecule has 2 amide bonds. The van der Waals surface area contributed by atoms with Crippen molar-refractivity contribution in [2.75, 3.05) is 25.0 Å². The molecule has 41 heavy (non-hydrogen) atoms. The van der Waals surface area contributed by atoms with Gasteiger partial charge in [0.2, 0.25) is 12.8 Å². The second kappa shape index (κ2) is 14.9. The second-order valence-corrected chi connectivity index (χ2v) is 9.83. The van der Waals surface area contributed by atoms with Gasteiger partial charge in [-0.3, -0.25) is 24.5 Å². The number of nitrogens with zero attached hydrogens (tertiary/aromatic N) is 5. The highest BCUT2D eigenvalue weighted by molar-refractivity contribution is 6.34. The van der Waals surface area contributed by atoms with Crippen molar-refractivity contribution in [2.45, 2.75) is 44.7 Å². The Bertz CT molecular complexity index is 1320. The highest BCUT2D eigenvalue weighted by Crippen LogP contribution is 2.38. The molecule has 1 saturated carbocycles. The number of aliphatic imine (C=N–C) groups is 2. The molecule has 0 aliphatic heterocycles. The monoisotopic (exact) mass is 583 g/mol. The number of anilines is 1. The minimum Gasteiger partial charge on any atom is -0.507 e. The van der Waals surface area contributed by atoms with E-state index >= 15 is 0 Å². The number of amides is 2. The van der Waals surface area contributed by atoms with E-state index in [-0.39, 0.29) is 45.8 Å². The predicted octanol–water partition coefficient (Wildman–Crippen LogP) is 4.02. The molecule has 0 spiro atoms. The van der Waals surface area contributed by atoms with Crippen molar-refractivity contribution >= 4 is 41.9 Å². The van der Waals surface area contributed by atoms with Crippen molar-refractivity contribution < 1.29 is 19.1 Å². The van der Waals surface area contributed by atoms with Crippen molar-refractivity contribution in [1.29, 1.82) is 0 Å². The van der Waals surface area contributed by atoms with E-state index in [4.69, 9.17) is 22.3 Å². The average Bonchev–Trinajstić information content (AvgIpc) is 2.93. The number of nitrogens with two attached hydrogens (primary N) is 1. The van der Waals surface area contributed by atoms with Gasteiger partial charge < -0.3 is 21.1 Å². The van der Waals surface area contributed by atoms with Crippen molar-refractivity contribution in [2.24, 2.45) is 15.7 Å². The second-order valence-electron chi connectivity index (χ2n) is 9.42. The fourth-order valence-corrected chi connectivity index (χ4v) is 4.68. The lowest BCUT2D eigenvalue weighted by atomic mass is 9.94. The topological polar surface area (TPSA) is 137 Å². The van der Waals surface area contributed by atoms with Crippen LogP contribution >= 0.6 is 11.6 Å². The Hall–Kier alpha value is -4.25. The summed E-state index contributed by atoms with van der Waals surface area (Å²) in [7, 11) is 1.58. The molecule has 0 radical (unpaired) electrons. The first-order valence-corrected chi connectivity index (χ1v) is 13.6. The Morgan fingerprint density at radius 2 is 2.15 bits per heavy atom. The number of benzene rings is 1. The first kappa shape index (κ1) is 31.3. The Morgan fingerprint density at radius 3 is 2.71 bits per heavy atom. The first-order valence-electron chi connectivity index (χ1n) is 13.2. The zero-order valence-electron chi connectivity index (χ0n) is 23.1. The van der Waals surface area contributed by atoms with Crippen LogP contribution in [0.4, 0.5) is 10.2 Å². The molecule has 12 heteroatoms. The van der Waals surface area contributed by atoms with Crippen molar-refractivity contribution in [3.8, 4) is 17.0 Å². The van der Waals surface area contributed by atoms with Crippen LogP contribution in [0, 0.1) is 5.82 Å². The molecule has 0 bridgehead atoms. The SMILES string of the molecule is C=CCCN(C(=NC)c1cc(Cl)c(-c2c(O)cccc2F)nc1N(C=O)C(C=CN)=NC1CCC1)C(C)CNC=O. The van der Waals surface area contributed by atoms with Crippen molar-refractivity contribution in [3.05, 3.63) is 65.6 Å². The number of carbonyl (C=O) groups is 2. The molecule has 218 valence electrons. The van der Waals surface area contributed by atoms with Gasteiger partial charge in [0.1, 0.15) is 23.2 Å². The van der Waals surface area contributed by atoms with Crippen LogP contribution in [0.1, 0.15) is 38.2 Å². The number of hydrogen-bond donors (Lipinski definition) is 3. The summed E-state index contributed by atoms with van der Waals surface area (Å²) in [4.78, 5) is 40.8. The summed E-state index contributed by atoms with van der Waals surface area (Å²) in [5.41, 5.74) is 5.78. The van der Waals surface area contributed by atoms with Crippen LogP contribution in [0.3, 0.4) is 0 Å². The third-order valence-corrected chi connectivity index (χ3v) is 7.02. The molecule has 1 aliphatic carbocycles. The number of rotatable bonds is 13. The summed E-state index contributed by atoms with van der Waals surface area (Å²) >= 11 is 6.70. The van der Waals surface area contributed by atoms with Crippen LogP contribution in [0.25, 0.3) is 11.3 Å². The van der Waals surface area contributed by atoms with Gasteiger partial charge in [0.25, 0.3) is 0 Å². The Kier molecular flexibility index (Phi) is 11.4. The van der Waals surface area contributed by atoms with Crippen LogP contribution < -0.4 is 16.0 Å². The number of phenols is 1. The maximum Gasteiger partial charge on any atom is 0.221 e. The molecule has 1 fully saturated rings. The Balaban J connectivity index is 2.32. The highest BCUT2D eigenvalue weighted by atomic mass is 35.5. The molecule has 1 aliphatic rings. The highest BCUT2D eigenvalue weighted by Gasteiger charge is 2.29. The quantitative estimate of drug-likeness (QED) is 0.141. The first-order chi connectivity index (χ1) is 19.8. The van der Waals surface area contributed by atoms with E-state index in [0.717, 1.165) is 19.3 Å². The van der Waals surface area contributed by atoms with E-state index in [1.54, 1.807) is 13.1 Å². The van der Waals surface area contributed by atoms with Gasteiger partial charge in [-0.25, -0.2) is 9.37 Å². The summed E-state index contributed by atoms with van der Waals surface area (Å²) in [6, 6.07) is 5.15. The average molecular weight is 584 g/mol. The summed E-state index contributed by atoms with van der Waals surface area (Å²) in [5, 5.41) is 13.2. The summed E-state index contributed by atoms with van der Waals surface area (Å²) in [6.45, 7) is 6.49. The van der Waals surface area contributed by atoms with E-state index in [9.17, 15) is 19.1 Å². The number of amidine groups is 2. The van der Waals surface area contributed by atoms with E-state index in [1.807, 2.05) is 11.8 Å². The molecule has 2 aromatic rings. The molecule has 1 unspecified atom stereocenters. The third-order valence-electron chi connectivity index (χ3n) is 6.73. The van der Waals surface area contributed by atoms with Gasteiger partial charge in [-0.2, -0.15) is 0 Å². The summed E-state index contributed by atoms with van der Waals surface area (Å²) in [6.07, 6.45) is 9.00. The minimum atomic E-state index is -0.744. The molecule has 1 aromatic heterocycles. The van der Waals surface area contributed by atoms with Gasteiger partial charge in [0.05, 0.1) is 27.9 Å². The molecule has 1 atom stereocenters. The molecule has 1 heterocycles. The maximum absolute atomic E-state index is 15.0. The standard InChI is InChI=1S/C29H35ClFN7O3/c1-4-5-14-37(19(2)16-34-17-39)28(33-3)21-15-22(30)27(26-23(31)10-7-11-24(26)41)36-29(21)38(18-40)25(12-13-32)35-20-8-6-9-20/h4,7,10-13,15,17-20,41H,1,5-6,8-9,14,16,32H2,2-3H3,(H,34,39).